The number of aromatic nitrogens is 2. The van der Waals surface area contributed by atoms with Crippen LogP contribution in [0.15, 0.2) is 36.8 Å². The van der Waals surface area contributed by atoms with E-state index in [1.807, 2.05) is 31.2 Å². The molecule has 2 aromatic rings. The Hall–Kier alpha value is -1.90. The van der Waals surface area contributed by atoms with Crippen LogP contribution >= 0.6 is 0 Å². The molecule has 0 atom stereocenters. The molecule has 3 heteroatoms. The number of H-pyrrole nitrogens is 1. The number of imidazole rings is 1. The molecule has 15 heavy (non-hydrogen) atoms. The Morgan fingerprint density at radius 2 is 2.20 bits per heavy atom. The molecule has 0 aliphatic carbocycles. The fourth-order valence-electron chi connectivity index (χ4n) is 1.58. The van der Waals surface area contributed by atoms with E-state index >= 15 is 0 Å². The zero-order valence-electron chi connectivity index (χ0n) is 8.53. The molecule has 1 N–H and O–H groups in total. The highest BCUT2D eigenvalue weighted by Crippen LogP contribution is 2.13. The molecule has 0 unspecified atom stereocenters. The van der Waals surface area contributed by atoms with Crippen LogP contribution in [0.25, 0.3) is 0 Å². The highest BCUT2D eigenvalue weighted by Gasteiger charge is 2.12. The Bertz CT molecular complexity index is 460. The number of ketones is 1. The van der Waals surface area contributed by atoms with Crippen molar-refractivity contribution in [3.05, 3.63) is 53.6 Å². The molecule has 3 nitrogen and oxygen atoms in total. The third-order valence-electron chi connectivity index (χ3n) is 2.39. The van der Waals surface area contributed by atoms with E-state index in [4.69, 9.17) is 0 Å². The predicted octanol–water partition coefficient (Wildman–Crippen LogP) is 2.20. The van der Waals surface area contributed by atoms with E-state index in [1.54, 1.807) is 6.20 Å². The van der Waals surface area contributed by atoms with Crippen molar-refractivity contribution in [2.24, 2.45) is 0 Å². The molecule has 0 spiro atoms. The quantitative estimate of drug-likeness (QED) is 0.772. The van der Waals surface area contributed by atoms with E-state index in [1.165, 1.54) is 6.33 Å². The fourth-order valence-corrected chi connectivity index (χ4v) is 1.58. The molecule has 0 saturated carbocycles. The number of carbonyl (C=O) groups excluding carboxylic acids is 1. The number of nitrogens with one attached hydrogen (secondary N) is 1. The average molecular weight is 200 g/mol. The van der Waals surface area contributed by atoms with Crippen molar-refractivity contribution in [3.8, 4) is 0 Å². The van der Waals surface area contributed by atoms with Crippen molar-refractivity contribution in [3.63, 3.8) is 0 Å². The monoisotopic (exact) mass is 200 g/mol. The lowest BCUT2D eigenvalue weighted by Crippen LogP contribution is -2.05. The van der Waals surface area contributed by atoms with Crippen molar-refractivity contribution < 1.29 is 4.79 Å². The Kier molecular flexibility index (Phi) is 2.63. The van der Waals surface area contributed by atoms with Crippen LogP contribution < -0.4 is 0 Å². The Morgan fingerprint density at radius 1 is 1.40 bits per heavy atom. The predicted molar refractivity (Wildman–Crippen MR) is 57.8 cm³/mol. The minimum absolute atomic E-state index is 0.00458. The van der Waals surface area contributed by atoms with Gasteiger partial charge >= 0.3 is 0 Å². The Labute approximate surface area is 88.2 Å². The zero-order valence-corrected chi connectivity index (χ0v) is 8.53. The molecular weight excluding hydrogens is 188 g/mol. The molecule has 0 saturated heterocycles. The topological polar surface area (TPSA) is 45.8 Å². The second-order valence-corrected chi connectivity index (χ2v) is 3.31. The number of benzene rings is 1. The van der Waals surface area contributed by atoms with Gasteiger partial charge in [-0.1, -0.05) is 31.2 Å². The van der Waals surface area contributed by atoms with Gasteiger partial charge < -0.3 is 4.98 Å². The van der Waals surface area contributed by atoms with Crippen molar-refractivity contribution in [1.29, 1.82) is 0 Å². The van der Waals surface area contributed by atoms with Gasteiger partial charge in [-0.2, -0.15) is 0 Å². The first-order valence-corrected chi connectivity index (χ1v) is 4.94. The van der Waals surface area contributed by atoms with Crippen LogP contribution in [-0.2, 0) is 6.42 Å². The Balaban J connectivity index is 2.42. The highest BCUT2D eigenvalue weighted by molar-refractivity contribution is 6.08. The highest BCUT2D eigenvalue weighted by atomic mass is 16.1. The summed E-state index contributed by atoms with van der Waals surface area (Å²) in [6.45, 7) is 2.04. The summed E-state index contributed by atoms with van der Waals surface area (Å²) in [5.41, 5.74) is 2.36. The molecular formula is C12H12N2O. The summed E-state index contributed by atoms with van der Waals surface area (Å²) in [4.78, 5) is 18.7. The van der Waals surface area contributed by atoms with Crippen LogP contribution in [0.1, 0.15) is 28.5 Å². The normalized spacial score (nSPS) is 10.2. The number of hydrogen-bond donors (Lipinski definition) is 1. The third-order valence-corrected chi connectivity index (χ3v) is 2.39. The lowest BCUT2D eigenvalue weighted by Gasteiger charge is -2.04. The molecule has 0 amide bonds. The van der Waals surface area contributed by atoms with Gasteiger partial charge in [0.05, 0.1) is 12.5 Å². The van der Waals surface area contributed by atoms with E-state index in [0.717, 1.165) is 17.5 Å². The first-order chi connectivity index (χ1) is 7.33. The maximum absolute atomic E-state index is 12.0. The lowest BCUT2D eigenvalue weighted by molar-refractivity contribution is 0.103. The molecule has 0 aliphatic heterocycles. The van der Waals surface area contributed by atoms with E-state index in [0.29, 0.717) is 5.69 Å². The van der Waals surface area contributed by atoms with Gasteiger partial charge in [-0.15, -0.1) is 0 Å². The van der Waals surface area contributed by atoms with Gasteiger partial charge in [0.25, 0.3) is 0 Å². The van der Waals surface area contributed by atoms with Crippen LogP contribution in [0.3, 0.4) is 0 Å². The SMILES string of the molecule is CCc1ccccc1C(=O)c1cnc[nH]1. The van der Waals surface area contributed by atoms with Crippen LogP contribution in [0.4, 0.5) is 0 Å². The largest absolute Gasteiger partial charge is 0.342 e. The van der Waals surface area contributed by atoms with E-state index in [9.17, 15) is 4.79 Å². The summed E-state index contributed by atoms with van der Waals surface area (Å²) in [5.74, 6) is 0.00458. The van der Waals surface area contributed by atoms with Crippen LogP contribution in [0.2, 0.25) is 0 Å². The van der Waals surface area contributed by atoms with Crippen molar-refractivity contribution in [2.45, 2.75) is 13.3 Å². The third kappa shape index (κ3) is 1.81. The van der Waals surface area contributed by atoms with Crippen molar-refractivity contribution in [1.82, 2.24) is 9.97 Å². The smallest absolute Gasteiger partial charge is 0.211 e. The summed E-state index contributed by atoms with van der Waals surface area (Å²) >= 11 is 0. The standard InChI is InChI=1S/C12H12N2O/c1-2-9-5-3-4-6-10(9)12(15)11-7-13-8-14-11/h3-8H,2H2,1H3,(H,13,14). The van der Waals surface area contributed by atoms with Gasteiger partial charge in [-0.25, -0.2) is 4.98 Å². The van der Waals surface area contributed by atoms with Crippen LogP contribution in [0, 0.1) is 0 Å². The lowest BCUT2D eigenvalue weighted by atomic mass is 10.0. The molecule has 1 aromatic heterocycles. The van der Waals surface area contributed by atoms with Gasteiger partial charge in [-0.05, 0) is 12.0 Å². The minimum Gasteiger partial charge on any atom is -0.342 e. The second kappa shape index (κ2) is 4.09. The number of nitrogens with zero attached hydrogens (tertiary/aromatic N) is 1. The maximum Gasteiger partial charge on any atom is 0.211 e. The van der Waals surface area contributed by atoms with Crippen molar-refractivity contribution in [2.75, 3.05) is 0 Å². The number of rotatable bonds is 3. The average Bonchev–Trinajstić information content (AvgIpc) is 2.81. The molecule has 1 heterocycles. The molecule has 0 radical (unpaired) electrons. The molecule has 1 aromatic carbocycles. The summed E-state index contributed by atoms with van der Waals surface area (Å²) in [7, 11) is 0. The number of aromatic amines is 1. The van der Waals surface area contributed by atoms with Crippen LogP contribution in [-0.4, -0.2) is 15.8 Å². The molecule has 0 bridgehead atoms. The van der Waals surface area contributed by atoms with Gasteiger partial charge in [0, 0.05) is 5.56 Å². The summed E-state index contributed by atoms with van der Waals surface area (Å²) in [5, 5.41) is 0. The summed E-state index contributed by atoms with van der Waals surface area (Å²) in [6.07, 6.45) is 3.92. The second-order valence-electron chi connectivity index (χ2n) is 3.31. The minimum atomic E-state index is 0.00458. The van der Waals surface area contributed by atoms with E-state index in [2.05, 4.69) is 9.97 Å². The van der Waals surface area contributed by atoms with Crippen LogP contribution in [0.5, 0.6) is 0 Å². The molecule has 76 valence electrons. The van der Waals surface area contributed by atoms with Gasteiger partial charge in [0.1, 0.15) is 5.69 Å². The van der Waals surface area contributed by atoms with E-state index in [-0.39, 0.29) is 5.78 Å². The molecule has 2 rings (SSSR count). The van der Waals surface area contributed by atoms with Crippen molar-refractivity contribution >= 4 is 5.78 Å². The number of hydrogen-bond acceptors (Lipinski definition) is 2. The molecule has 0 fully saturated rings. The molecule has 0 aliphatic rings. The van der Waals surface area contributed by atoms with E-state index < -0.39 is 0 Å². The summed E-state index contributed by atoms with van der Waals surface area (Å²) < 4.78 is 0. The number of aryl methyl sites for hydroxylation is 1. The first kappa shape index (κ1) is 9.65. The Morgan fingerprint density at radius 3 is 2.87 bits per heavy atom. The fraction of sp³-hybridized carbons (Fsp3) is 0.167. The zero-order chi connectivity index (χ0) is 10.7. The maximum atomic E-state index is 12.0. The number of carbonyl (C=O) groups is 1. The first-order valence-electron chi connectivity index (χ1n) is 4.94. The summed E-state index contributed by atoms with van der Waals surface area (Å²) in [6, 6.07) is 7.65. The van der Waals surface area contributed by atoms with Gasteiger partial charge in [0.2, 0.25) is 5.78 Å². The van der Waals surface area contributed by atoms with Gasteiger partial charge in [-0.3, -0.25) is 4.79 Å². The van der Waals surface area contributed by atoms with Gasteiger partial charge in [0.15, 0.2) is 0 Å².